The average molecular weight is 1440 g/mol. The summed E-state index contributed by atoms with van der Waals surface area (Å²) in [6, 6.07) is 124. The molecule has 0 aliphatic carbocycles. The molecular weight excluding hydrogens is 1350 g/mol. The highest BCUT2D eigenvalue weighted by atomic mass is 15.0. The Labute approximate surface area is 657 Å². The van der Waals surface area contributed by atoms with Crippen LogP contribution in [0.15, 0.2) is 328 Å². The summed E-state index contributed by atoms with van der Waals surface area (Å²) in [5.74, 6) is 0. The molecule has 540 valence electrons. The number of para-hydroxylation sites is 1. The molecule has 0 saturated heterocycles. The molecule has 19 rings (SSSR count). The van der Waals surface area contributed by atoms with E-state index in [9.17, 15) is 0 Å². The number of aromatic nitrogens is 3. The average Bonchev–Trinajstić information content (AvgIpc) is 1.59. The van der Waals surface area contributed by atoms with Gasteiger partial charge in [-0.15, -0.1) is 0 Å². The highest BCUT2D eigenvalue weighted by Gasteiger charge is 2.22. The molecule has 3 nitrogen and oxygen atoms in total. The van der Waals surface area contributed by atoms with Gasteiger partial charge in [0.2, 0.25) is 0 Å². The van der Waals surface area contributed by atoms with Crippen molar-refractivity contribution in [3.63, 3.8) is 0 Å². The van der Waals surface area contributed by atoms with E-state index < -0.39 is 0 Å². The maximum atomic E-state index is 2.49. The number of fused-ring (bicyclic) bond motifs is 9. The molecule has 0 aliphatic rings. The lowest BCUT2D eigenvalue weighted by atomic mass is 9.91. The maximum absolute atomic E-state index is 2.49. The minimum atomic E-state index is 0.956. The first-order valence-corrected chi connectivity index (χ1v) is 39.7. The van der Waals surface area contributed by atoms with Crippen LogP contribution >= 0.6 is 0 Å². The predicted octanol–water partition coefficient (Wildman–Crippen LogP) is 29.0. The molecule has 0 N–H and O–H groups in total. The van der Waals surface area contributed by atoms with E-state index in [-0.39, 0.29) is 0 Å². The van der Waals surface area contributed by atoms with E-state index in [1.807, 2.05) is 0 Å². The van der Waals surface area contributed by atoms with E-state index in [0.717, 1.165) is 37.1 Å². The highest BCUT2D eigenvalue weighted by Crippen LogP contribution is 2.44. The largest absolute Gasteiger partial charge is 0.309 e. The second-order valence-electron chi connectivity index (χ2n) is 31.7. The van der Waals surface area contributed by atoms with Gasteiger partial charge in [-0.2, -0.15) is 0 Å². The number of hydrogen-bond donors (Lipinski definition) is 0. The van der Waals surface area contributed by atoms with Crippen LogP contribution in [0.1, 0.15) is 72.3 Å². The molecule has 0 atom stereocenters. The Morgan fingerprint density at radius 1 is 0.170 bits per heavy atom. The zero-order valence-corrected chi connectivity index (χ0v) is 65.3. The van der Waals surface area contributed by atoms with Gasteiger partial charge >= 0.3 is 0 Å². The van der Waals surface area contributed by atoms with Crippen LogP contribution in [0.25, 0.3) is 160 Å². The molecule has 0 fully saturated rings. The molecule has 19 aromatic rings. The normalized spacial score (nSPS) is 11.8. The van der Waals surface area contributed by atoms with E-state index in [1.54, 1.807) is 0 Å². The van der Waals surface area contributed by atoms with Crippen LogP contribution in [0, 0.1) is 62.3 Å². The van der Waals surface area contributed by atoms with Gasteiger partial charge in [0.05, 0.1) is 33.1 Å². The van der Waals surface area contributed by atoms with E-state index in [4.69, 9.17) is 0 Å². The predicted molar refractivity (Wildman–Crippen MR) is 478 cm³/mol. The van der Waals surface area contributed by atoms with Gasteiger partial charge in [-0.1, -0.05) is 271 Å². The molecular formula is C109H89N3. The summed E-state index contributed by atoms with van der Waals surface area (Å²) >= 11 is 0. The third-order valence-electron chi connectivity index (χ3n) is 23.9. The summed E-state index contributed by atoms with van der Waals surface area (Å²) in [4.78, 5) is 0. The Balaban J connectivity index is 0.558. The second kappa shape index (κ2) is 28.4. The molecule has 0 saturated carbocycles. The zero-order valence-electron chi connectivity index (χ0n) is 65.3. The third-order valence-corrected chi connectivity index (χ3v) is 23.9. The first kappa shape index (κ1) is 69.4. The van der Waals surface area contributed by atoms with Crippen LogP contribution in [0.3, 0.4) is 0 Å². The molecule has 0 unspecified atom stereocenters. The summed E-state index contributed by atoms with van der Waals surface area (Å²) in [7, 11) is 0. The summed E-state index contributed by atoms with van der Waals surface area (Å²) in [5.41, 5.74) is 45.2. The molecule has 0 bridgehead atoms. The van der Waals surface area contributed by atoms with Crippen molar-refractivity contribution in [3.8, 4) is 95.0 Å². The Kier molecular flexibility index (Phi) is 17.6. The van der Waals surface area contributed by atoms with Crippen LogP contribution in [0.5, 0.6) is 0 Å². The first-order valence-electron chi connectivity index (χ1n) is 39.7. The van der Waals surface area contributed by atoms with E-state index in [2.05, 4.69) is 404 Å². The Bertz CT molecular complexity index is 6830. The van der Waals surface area contributed by atoms with Crippen LogP contribution in [-0.4, -0.2) is 13.7 Å². The Morgan fingerprint density at radius 2 is 0.429 bits per heavy atom. The SMILES string of the molecule is Cc1ccc(-c2ccc3c4ccc(-c5c(C)cc(CCc6ccc(-c7ccc8c9ccc(-c%10c(C)cc(CCc%11ccc(-c%12ccc%13c%14ccc(-c%15c(C)cc(C)cc%15C)cc%14n(-c%14ccc(C)cc%14)c%13c%12)cc%11)cc%10C)cc9n(-c9ccccc9)c8c7)cc6)cc5C)cc4n(-c4cccc(-c5ccccc5)c4)c3c2)cc1. The van der Waals surface area contributed by atoms with Gasteiger partial charge in [0.15, 0.2) is 0 Å². The maximum Gasteiger partial charge on any atom is 0.0547 e. The fourth-order valence-corrected chi connectivity index (χ4v) is 18.6. The quantitative estimate of drug-likeness (QED) is 0.0916. The van der Waals surface area contributed by atoms with Crippen molar-refractivity contribution < 1.29 is 0 Å². The highest BCUT2D eigenvalue weighted by molar-refractivity contribution is 6.14. The van der Waals surface area contributed by atoms with Crippen molar-refractivity contribution in [1.29, 1.82) is 0 Å². The topological polar surface area (TPSA) is 14.8 Å². The second-order valence-corrected chi connectivity index (χ2v) is 31.7. The van der Waals surface area contributed by atoms with Crippen molar-refractivity contribution in [2.24, 2.45) is 0 Å². The van der Waals surface area contributed by atoms with E-state index in [1.165, 1.54) is 221 Å². The third kappa shape index (κ3) is 12.7. The number of hydrogen-bond acceptors (Lipinski definition) is 0. The molecule has 112 heavy (non-hydrogen) atoms. The van der Waals surface area contributed by atoms with Crippen LogP contribution < -0.4 is 0 Å². The summed E-state index contributed by atoms with van der Waals surface area (Å²) in [6.07, 6.45) is 3.84. The molecule has 3 heteroatoms. The van der Waals surface area contributed by atoms with Crippen molar-refractivity contribution >= 4 is 65.4 Å². The minimum Gasteiger partial charge on any atom is -0.309 e. The Hall–Kier alpha value is -13.1. The fraction of sp³-hybridized carbons (Fsp3) is 0.119. The van der Waals surface area contributed by atoms with Gasteiger partial charge in [0.25, 0.3) is 0 Å². The summed E-state index contributed by atoms with van der Waals surface area (Å²) in [5, 5.41) is 7.54. The molecule has 0 aliphatic heterocycles. The van der Waals surface area contributed by atoms with E-state index in [0.29, 0.717) is 0 Å². The van der Waals surface area contributed by atoms with Gasteiger partial charge in [-0.05, 0) is 294 Å². The lowest BCUT2D eigenvalue weighted by Gasteiger charge is -2.15. The minimum absolute atomic E-state index is 0.956. The van der Waals surface area contributed by atoms with Gasteiger partial charge in [-0.3, -0.25) is 0 Å². The van der Waals surface area contributed by atoms with Gasteiger partial charge < -0.3 is 13.7 Å². The molecule has 0 amide bonds. The molecule has 3 heterocycles. The monoisotopic (exact) mass is 1440 g/mol. The molecule has 16 aromatic carbocycles. The van der Waals surface area contributed by atoms with Crippen LogP contribution in [0.2, 0.25) is 0 Å². The van der Waals surface area contributed by atoms with Gasteiger partial charge in [-0.25, -0.2) is 0 Å². The van der Waals surface area contributed by atoms with Crippen molar-refractivity contribution in [2.45, 2.75) is 88.0 Å². The van der Waals surface area contributed by atoms with Crippen LogP contribution in [-0.2, 0) is 25.7 Å². The standard InChI is InChI=1S/C109H89N3/c1-68-23-35-82(36-24-68)86-41-51-97-100-54-46-91(67-106(100)112(103(97)64-86)94-22-16-19-85(61-94)81-17-12-10-13-18-81)109-75(8)59-80(60-76(109)9)30-28-77-31-37-83(38-32-77)87-42-49-95-98-53-45-90(66-104(98)110(101(95)62-87)92-20-14-11-15-21-92)108-73(6)57-79(58-74(108)7)29-27-78-33-39-84(40-34-78)88-43-50-96-99-52-44-89(107-71(4)55-70(3)56-72(107)5)65-105(99)111(102(96)63-88)93-47-25-69(2)26-48-93/h10-26,31-67H,27-30H2,1-9H3. The van der Waals surface area contributed by atoms with Crippen molar-refractivity contribution in [3.05, 3.63) is 400 Å². The fourth-order valence-electron chi connectivity index (χ4n) is 18.6. The smallest absolute Gasteiger partial charge is 0.0547 e. The number of aryl methyl sites for hydroxylation is 13. The van der Waals surface area contributed by atoms with Gasteiger partial charge in [0.1, 0.15) is 0 Å². The first-order chi connectivity index (χ1) is 54.7. The van der Waals surface area contributed by atoms with Crippen molar-refractivity contribution in [1.82, 2.24) is 13.7 Å². The van der Waals surface area contributed by atoms with Crippen LogP contribution in [0.4, 0.5) is 0 Å². The molecule has 0 spiro atoms. The summed E-state index contributed by atoms with van der Waals surface area (Å²) < 4.78 is 7.43. The number of rotatable bonds is 16. The summed E-state index contributed by atoms with van der Waals surface area (Å²) in [6.45, 7) is 20.2. The van der Waals surface area contributed by atoms with E-state index >= 15 is 0 Å². The van der Waals surface area contributed by atoms with Gasteiger partial charge in [0, 0.05) is 49.4 Å². The lowest BCUT2D eigenvalue weighted by molar-refractivity contribution is 0.956. The van der Waals surface area contributed by atoms with Crippen molar-refractivity contribution in [2.75, 3.05) is 0 Å². The zero-order chi connectivity index (χ0) is 76.0. The molecule has 0 radical (unpaired) electrons. The lowest BCUT2D eigenvalue weighted by Crippen LogP contribution is -1.97. The molecule has 3 aromatic heterocycles. The number of nitrogens with zero attached hydrogens (tertiary/aromatic N) is 3. The number of benzene rings is 16. The Morgan fingerprint density at radius 3 is 0.812 bits per heavy atom.